The Morgan fingerprint density at radius 2 is 1.88 bits per heavy atom. The van der Waals surface area contributed by atoms with Gasteiger partial charge in [0.15, 0.2) is 0 Å². The number of rotatable bonds is 4. The third-order valence-electron chi connectivity index (χ3n) is 2.44. The van der Waals surface area contributed by atoms with Crippen LogP contribution < -0.4 is 10.5 Å². The Bertz CT molecular complexity index is 420. The van der Waals surface area contributed by atoms with Crippen molar-refractivity contribution in [2.75, 3.05) is 0 Å². The lowest BCUT2D eigenvalue weighted by atomic mass is 10.2. The molecule has 4 nitrogen and oxygen atoms in total. The molecular weight excluding hydrogens is 214 g/mol. The predicted octanol–water partition coefficient (Wildman–Crippen LogP) is 2.29. The summed E-state index contributed by atoms with van der Waals surface area (Å²) in [6.45, 7) is 2.51. The molecule has 0 aliphatic rings. The van der Waals surface area contributed by atoms with E-state index in [-0.39, 0.29) is 0 Å². The summed E-state index contributed by atoms with van der Waals surface area (Å²) < 4.78 is 5.56. The Balaban J connectivity index is 2.08. The van der Waals surface area contributed by atoms with Crippen molar-refractivity contribution in [1.29, 1.82) is 0 Å². The van der Waals surface area contributed by atoms with E-state index >= 15 is 0 Å². The summed E-state index contributed by atoms with van der Waals surface area (Å²) in [5.74, 6) is 1.24. The van der Waals surface area contributed by atoms with Crippen LogP contribution in [-0.2, 0) is 13.0 Å². The lowest BCUT2D eigenvalue weighted by molar-refractivity contribution is 0.459. The van der Waals surface area contributed by atoms with Gasteiger partial charge < -0.3 is 10.5 Å². The Morgan fingerprint density at radius 3 is 2.41 bits per heavy atom. The maximum absolute atomic E-state index is 5.56. The number of aryl methyl sites for hydroxylation is 1. The van der Waals surface area contributed by atoms with Gasteiger partial charge in [-0.25, -0.2) is 4.98 Å². The molecular formula is C13H15N3O. The topological polar surface area (TPSA) is 61.0 Å². The van der Waals surface area contributed by atoms with Gasteiger partial charge in [0, 0.05) is 6.54 Å². The summed E-state index contributed by atoms with van der Waals surface area (Å²) in [6.07, 6.45) is 4.22. The number of hydrogen-bond donors (Lipinski definition) is 1. The zero-order valence-electron chi connectivity index (χ0n) is 9.76. The van der Waals surface area contributed by atoms with Crippen LogP contribution in [0, 0.1) is 0 Å². The van der Waals surface area contributed by atoms with Gasteiger partial charge in [0.2, 0.25) is 5.88 Å². The van der Waals surface area contributed by atoms with Gasteiger partial charge in [0.05, 0.1) is 18.1 Å². The van der Waals surface area contributed by atoms with E-state index in [1.807, 2.05) is 24.3 Å². The molecule has 0 atom stereocenters. The van der Waals surface area contributed by atoms with Crippen LogP contribution in [0.1, 0.15) is 18.2 Å². The van der Waals surface area contributed by atoms with E-state index in [1.165, 1.54) is 5.56 Å². The van der Waals surface area contributed by atoms with Crippen LogP contribution in [0.3, 0.4) is 0 Å². The summed E-state index contributed by atoms with van der Waals surface area (Å²) in [5, 5.41) is 0. The van der Waals surface area contributed by atoms with Gasteiger partial charge in [0.1, 0.15) is 5.75 Å². The highest BCUT2D eigenvalue weighted by molar-refractivity contribution is 5.29. The maximum Gasteiger partial charge on any atom is 0.237 e. The second-order valence-electron chi connectivity index (χ2n) is 3.65. The number of nitrogens with zero attached hydrogens (tertiary/aromatic N) is 2. The van der Waals surface area contributed by atoms with Gasteiger partial charge >= 0.3 is 0 Å². The fourth-order valence-electron chi connectivity index (χ4n) is 1.41. The summed E-state index contributed by atoms with van der Waals surface area (Å²) in [7, 11) is 0. The Labute approximate surface area is 100 Å². The lowest BCUT2D eigenvalue weighted by Gasteiger charge is -2.05. The van der Waals surface area contributed by atoms with Gasteiger partial charge in [-0.2, -0.15) is 0 Å². The van der Waals surface area contributed by atoms with Crippen molar-refractivity contribution in [1.82, 2.24) is 9.97 Å². The van der Waals surface area contributed by atoms with Crippen LogP contribution in [0.5, 0.6) is 11.6 Å². The van der Waals surface area contributed by atoms with E-state index in [4.69, 9.17) is 10.5 Å². The molecule has 0 radical (unpaired) electrons. The average Bonchev–Trinajstić information content (AvgIpc) is 2.40. The first-order valence-electron chi connectivity index (χ1n) is 5.59. The zero-order chi connectivity index (χ0) is 12.1. The molecule has 1 heterocycles. The van der Waals surface area contributed by atoms with Crippen LogP contribution in [0.2, 0.25) is 0 Å². The molecule has 0 aliphatic carbocycles. The first-order valence-corrected chi connectivity index (χ1v) is 5.59. The molecule has 88 valence electrons. The smallest absolute Gasteiger partial charge is 0.237 e. The third kappa shape index (κ3) is 3.01. The molecule has 0 saturated heterocycles. The predicted molar refractivity (Wildman–Crippen MR) is 65.8 cm³/mol. The van der Waals surface area contributed by atoms with Crippen molar-refractivity contribution in [3.8, 4) is 11.6 Å². The monoisotopic (exact) mass is 229 g/mol. The van der Waals surface area contributed by atoms with Crippen LogP contribution in [0.25, 0.3) is 0 Å². The van der Waals surface area contributed by atoms with Crippen molar-refractivity contribution in [3.63, 3.8) is 0 Å². The van der Waals surface area contributed by atoms with E-state index in [0.717, 1.165) is 17.9 Å². The molecule has 0 amide bonds. The normalized spacial score (nSPS) is 10.2. The molecule has 0 aliphatic heterocycles. The molecule has 4 heteroatoms. The quantitative estimate of drug-likeness (QED) is 0.873. The minimum absolute atomic E-state index is 0.387. The van der Waals surface area contributed by atoms with E-state index in [2.05, 4.69) is 16.9 Å². The first-order chi connectivity index (χ1) is 8.31. The summed E-state index contributed by atoms with van der Waals surface area (Å²) in [4.78, 5) is 8.24. The van der Waals surface area contributed by atoms with Crippen molar-refractivity contribution in [3.05, 3.63) is 47.9 Å². The molecule has 2 rings (SSSR count). The fraction of sp³-hybridized carbons (Fsp3) is 0.231. The molecule has 17 heavy (non-hydrogen) atoms. The maximum atomic E-state index is 5.56. The van der Waals surface area contributed by atoms with Gasteiger partial charge in [0.25, 0.3) is 0 Å². The van der Waals surface area contributed by atoms with E-state index in [1.54, 1.807) is 12.4 Å². The van der Waals surface area contributed by atoms with Crippen molar-refractivity contribution in [2.45, 2.75) is 19.9 Å². The molecule has 1 aromatic carbocycles. The van der Waals surface area contributed by atoms with Gasteiger partial charge in [-0.15, -0.1) is 0 Å². The number of aromatic nitrogens is 2. The molecule has 2 N–H and O–H groups in total. The van der Waals surface area contributed by atoms with Crippen LogP contribution >= 0.6 is 0 Å². The van der Waals surface area contributed by atoms with Gasteiger partial charge in [-0.3, -0.25) is 4.98 Å². The molecule has 1 aromatic heterocycles. The second-order valence-corrected chi connectivity index (χ2v) is 3.65. The standard InChI is InChI=1S/C13H15N3O/c1-2-10-3-5-12(6-4-10)17-13-9-15-11(7-14)8-16-13/h3-6,8-9H,2,7,14H2,1H3. The van der Waals surface area contributed by atoms with Crippen molar-refractivity contribution < 1.29 is 4.74 Å². The van der Waals surface area contributed by atoms with Crippen LogP contribution in [-0.4, -0.2) is 9.97 Å². The second kappa shape index (κ2) is 5.41. The van der Waals surface area contributed by atoms with Gasteiger partial charge in [-0.1, -0.05) is 19.1 Å². The minimum atomic E-state index is 0.387. The minimum Gasteiger partial charge on any atom is -0.438 e. The summed E-state index contributed by atoms with van der Waals surface area (Å²) in [6, 6.07) is 7.93. The highest BCUT2D eigenvalue weighted by atomic mass is 16.5. The number of benzene rings is 1. The largest absolute Gasteiger partial charge is 0.438 e. The Kier molecular flexibility index (Phi) is 3.67. The Hall–Kier alpha value is -1.94. The zero-order valence-corrected chi connectivity index (χ0v) is 9.76. The molecule has 0 unspecified atom stereocenters. The summed E-state index contributed by atoms with van der Waals surface area (Å²) >= 11 is 0. The highest BCUT2D eigenvalue weighted by Crippen LogP contribution is 2.19. The van der Waals surface area contributed by atoms with E-state index in [9.17, 15) is 0 Å². The molecule has 0 fully saturated rings. The van der Waals surface area contributed by atoms with E-state index < -0.39 is 0 Å². The van der Waals surface area contributed by atoms with Gasteiger partial charge in [-0.05, 0) is 24.1 Å². The molecule has 0 saturated carbocycles. The molecule has 0 spiro atoms. The Morgan fingerprint density at radius 1 is 1.12 bits per heavy atom. The van der Waals surface area contributed by atoms with Crippen LogP contribution in [0.4, 0.5) is 0 Å². The molecule has 0 bridgehead atoms. The van der Waals surface area contributed by atoms with Crippen molar-refractivity contribution >= 4 is 0 Å². The SMILES string of the molecule is CCc1ccc(Oc2cnc(CN)cn2)cc1. The molecule has 2 aromatic rings. The third-order valence-corrected chi connectivity index (χ3v) is 2.44. The highest BCUT2D eigenvalue weighted by Gasteiger charge is 1.99. The van der Waals surface area contributed by atoms with Crippen LogP contribution in [0.15, 0.2) is 36.7 Å². The number of ether oxygens (including phenoxy) is 1. The average molecular weight is 229 g/mol. The number of nitrogens with two attached hydrogens (primary N) is 1. The number of hydrogen-bond acceptors (Lipinski definition) is 4. The van der Waals surface area contributed by atoms with E-state index in [0.29, 0.717) is 12.4 Å². The summed E-state index contributed by atoms with van der Waals surface area (Å²) in [5.41, 5.74) is 7.47. The lowest BCUT2D eigenvalue weighted by Crippen LogP contribution is -2.00. The first kappa shape index (κ1) is 11.5. The van der Waals surface area contributed by atoms with Crippen molar-refractivity contribution in [2.24, 2.45) is 5.73 Å². The fourth-order valence-corrected chi connectivity index (χ4v) is 1.41.